The van der Waals surface area contributed by atoms with E-state index in [-0.39, 0.29) is 48.8 Å². The Morgan fingerprint density at radius 2 is 1.93 bits per heavy atom. The number of rotatable bonds is 6. The zero-order valence-corrected chi connectivity index (χ0v) is 17.9. The summed E-state index contributed by atoms with van der Waals surface area (Å²) < 4.78 is 46.0. The average Bonchev–Trinajstić information content (AvgIpc) is 2.61. The molecule has 0 radical (unpaired) electrons. The number of benzene rings is 1. The molecule has 2 N–H and O–H groups in total. The monoisotopic (exact) mass is 455 g/mol. The lowest BCUT2D eigenvalue weighted by Crippen LogP contribution is -3.00. The third-order valence-electron chi connectivity index (χ3n) is 5.01. The van der Waals surface area contributed by atoms with Gasteiger partial charge in [0.1, 0.15) is 10.7 Å². The molecule has 0 aromatic heterocycles. The van der Waals surface area contributed by atoms with Crippen molar-refractivity contribution in [3.05, 3.63) is 35.0 Å². The van der Waals surface area contributed by atoms with E-state index in [9.17, 15) is 22.5 Å². The minimum absolute atomic E-state index is 0. The smallest absolute Gasteiger partial charge is 0.345 e. The molecule has 0 bridgehead atoms. The molecule has 1 heterocycles. The molecular formula is C16H23ClFN3O5S2. The van der Waals surface area contributed by atoms with Crippen molar-refractivity contribution in [1.29, 1.82) is 0 Å². The molecule has 1 atom stereocenters. The molecular weight excluding hydrogens is 433 g/mol. The van der Waals surface area contributed by atoms with Gasteiger partial charge in [-0.2, -0.15) is 4.91 Å². The molecule has 8 nitrogen and oxygen atoms in total. The van der Waals surface area contributed by atoms with Crippen LogP contribution in [0, 0.1) is 10.7 Å². The van der Waals surface area contributed by atoms with Crippen LogP contribution in [0.15, 0.2) is 34.3 Å². The number of sulfone groups is 1. The second-order valence-corrected chi connectivity index (χ2v) is 9.86. The Hall–Kier alpha value is -1.27. The molecule has 1 aromatic rings. The Morgan fingerprint density at radius 1 is 1.39 bits per heavy atom. The lowest BCUT2D eigenvalue weighted by atomic mass is 9.81. The van der Waals surface area contributed by atoms with Crippen LogP contribution in [-0.2, 0) is 19.4 Å². The van der Waals surface area contributed by atoms with Crippen molar-refractivity contribution in [2.75, 3.05) is 26.7 Å². The molecule has 2 rings (SSSR count). The summed E-state index contributed by atoms with van der Waals surface area (Å²) in [5.74, 6) is -2.41. The maximum atomic E-state index is 14.3. The number of halogens is 2. The second-order valence-electron chi connectivity index (χ2n) is 6.80. The van der Waals surface area contributed by atoms with Gasteiger partial charge in [-0.3, -0.25) is 3.89 Å². The zero-order chi connectivity index (χ0) is 20.5. The number of hydrogen-bond acceptors (Lipinski definition) is 8. The number of thiol groups is 1. The van der Waals surface area contributed by atoms with Gasteiger partial charge in [0.25, 0.3) is 4.87 Å². The molecule has 1 unspecified atom stereocenters. The second kappa shape index (κ2) is 8.62. The van der Waals surface area contributed by atoms with E-state index < -0.39 is 36.9 Å². The Morgan fingerprint density at radius 3 is 2.39 bits per heavy atom. The summed E-state index contributed by atoms with van der Waals surface area (Å²) in [5, 5.41) is 3.02. The Bertz CT molecular complexity index is 842. The summed E-state index contributed by atoms with van der Waals surface area (Å²) in [6.45, 7) is 1.78. The predicted molar refractivity (Wildman–Crippen MR) is 99.8 cm³/mol. The normalized spacial score (nSPS) is 27.2. The van der Waals surface area contributed by atoms with E-state index in [0.29, 0.717) is 0 Å². The maximum Gasteiger partial charge on any atom is 0.345 e. The van der Waals surface area contributed by atoms with Gasteiger partial charge in [0.05, 0.1) is 39.6 Å². The van der Waals surface area contributed by atoms with Crippen LogP contribution in [0.1, 0.15) is 19.8 Å². The number of esters is 1. The van der Waals surface area contributed by atoms with Crippen LogP contribution < -0.4 is 18.1 Å². The Kier molecular flexibility index (Phi) is 7.62. The summed E-state index contributed by atoms with van der Waals surface area (Å²) in [5.41, 5.74) is 4.15. The highest BCUT2D eigenvalue weighted by Crippen LogP contribution is 2.44. The molecule has 1 saturated heterocycles. The molecule has 1 aliphatic rings. The quantitative estimate of drug-likeness (QED) is 0.231. The standard InChI is InChI=1S/C16H23FN3O5S2.ClH/c1-3-25-14(21)16(18,15(19-22)8-10-20(2,26)11-9-15)27(23,24)13-7-5-4-6-12(13)17;/h4-7,26H,3,8-11,18H2,1-2H3;1H/q+1;/p-1. The highest BCUT2D eigenvalue weighted by atomic mass is 35.5. The lowest BCUT2D eigenvalue weighted by molar-refractivity contribution is -0.778. The van der Waals surface area contributed by atoms with Crippen molar-refractivity contribution >= 4 is 28.6 Å². The van der Waals surface area contributed by atoms with Gasteiger partial charge in [0.15, 0.2) is 5.54 Å². The molecule has 0 amide bonds. The van der Waals surface area contributed by atoms with Crippen molar-refractivity contribution in [2.24, 2.45) is 10.9 Å². The Labute approximate surface area is 175 Å². The van der Waals surface area contributed by atoms with E-state index in [0.717, 1.165) is 12.1 Å². The summed E-state index contributed by atoms with van der Waals surface area (Å²) in [6, 6.07) is 4.52. The van der Waals surface area contributed by atoms with Crippen LogP contribution in [0.3, 0.4) is 0 Å². The van der Waals surface area contributed by atoms with Gasteiger partial charge in [-0.25, -0.2) is 17.6 Å². The van der Waals surface area contributed by atoms with Crippen LogP contribution in [-0.4, -0.2) is 55.4 Å². The van der Waals surface area contributed by atoms with Crippen molar-refractivity contribution in [1.82, 2.24) is 0 Å². The summed E-state index contributed by atoms with van der Waals surface area (Å²) in [4.78, 5) is 21.0. The summed E-state index contributed by atoms with van der Waals surface area (Å²) >= 11 is 4.41. The fourth-order valence-corrected chi connectivity index (χ4v) is 5.39. The first-order valence-electron chi connectivity index (χ1n) is 8.34. The van der Waals surface area contributed by atoms with E-state index in [1.807, 2.05) is 0 Å². The number of ether oxygens (including phenoxy) is 1. The van der Waals surface area contributed by atoms with Crippen molar-refractivity contribution in [2.45, 2.75) is 35.1 Å². The molecule has 0 spiro atoms. The predicted octanol–water partition coefficient (Wildman–Crippen LogP) is -1.59. The van der Waals surface area contributed by atoms with Crippen molar-refractivity contribution < 1.29 is 38.6 Å². The topological polar surface area (TPSA) is 116 Å². The van der Waals surface area contributed by atoms with Gasteiger partial charge >= 0.3 is 5.97 Å². The number of carbonyl (C=O) groups is 1. The minimum Gasteiger partial charge on any atom is -1.00 e. The lowest BCUT2D eigenvalue weighted by Gasteiger charge is -2.45. The largest absolute Gasteiger partial charge is 1.00 e. The van der Waals surface area contributed by atoms with Crippen LogP contribution in [0.25, 0.3) is 0 Å². The molecule has 1 aromatic carbocycles. The molecule has 0 aliphatic carbocycles. The highest BCUT2D eigenvalue weighted by Gasteiger charge is 2.68. The highest BCUT2D eigenvalue weighted by molar-refractivity contribution is 7.93. The van der Waals surface area contributed by atoms with E-state index in [2.05, 4.69) is 18.0 Å². The van der Waals surface area contributed by atoms with Crippen molar-refractivity contribution in [3.63, 3.8) is 0 Å². The third kappa shape index (κ3) is 3.90. The number of nitrogens with zero attached hydrogens (tertiary/aromatic N) is 2. The van der Waals surface area contributed by atoms with Gasteiger partial charge in [-0.05, 0) is 19.1 Å². The van der Waals surface area contributed by atoms with Gasteiger partial charge in [0, 0.05) is 12.8 Å². The maximum absolute atomic E-state index is 14.3. The number of nitrogens with two attached hydrogens (primary N) is 1. The van der Waals surface area contributed by atoms with E-state index >= 15 is 0 Å². The summed E-state index contributed by atoms with van der Waals surface area (Å²) in [7, 11) is -3.09. The van der Waals surface area contributed by atoms with Gasteiger partial charge in [-0.1, -0.05) is 17.3 Å². The zero-order valence-electron chi connectivity index (χ0n) is 15.5. The molecule has 158 valence electrons. The molecule has 12 heteroatoms. The van der Waals surface area contributed by atoms with Crippen LogP contribution in [0.5, 0.6) is 0 Å². The van der Waals surface area contributed by atoms with Crippen LogP contribution in [0.2, 0.25) is 0 Å². The van der Waals surface area contributed by atoms with Crippen LogP contribution in [0.4, 0.5) is 4.39 Å². The van der Waals surface area contributed by atoms with Crippen molar-refractivity contribution in [3.8, 4) is 0 Å². The Balaban J connectivity index is 0.00000392. The van der Waals surface area contributed by atoms with Gasteiger partial charge < -0.3 is 22.9 Å². The average molecular weight is 456 g/mol. The van der Waals surface area contributed by atoms with Crippen LogP contribution >= 0.6 is 12.8 Å². The SMILES string of the molecule is CCOC(=O)C(N)(C1(N=O)CC[N+](C)(S)CC1)S(=O)(=O)c1ccccc1F.[Cl-]. The molecule has 1 aliphatic heterocycles. The number of hydrogen-bond donors (Lipinski definition) is 2. The van der Waals surface area contributed by atoms with E-state index in [1.54, 1.807) is 7.05 Å². The molecule has 0 saturated carbocycles. The summed E-state index contributed by atoms with van der Waals surface area (Å²) in [6.07, 6.45) is -0.251. The van der Waals surface area contributed by atoms with Gasteiger partial charge in [-0.15, -0.1) is 0 Å². The van der Waals surface area contributed by atoms with E-state index in [4.69, 9.17) is 10.5 Å². The minimum atomic E-state index is -4.86. The first-order chi connectivity index (χ1) is 12.5. The molecule has 28 heavy (non-hydrogen) atoms. The number of likely N-dealkylation sites (tertiary alicyclic amines) is 1. The van der Waals surface area contributed by atoms with E-state index in [1.165, 1.54) is 19.1 Å². The first kappa shape index (κ1) is 24.8. The number of nitroso groups, excluding NO2 is 1. The first-order valence-corrected chi connectivity index (χ1v) is 10.2. The molecule has 1 fully saturated rings. The fourth-order valence-electron chi connectivity index (χ4n) is 3.24. The fraction of sp³-hybridized carbons (Fsp3) is 0.562. The number of carbonyl (C=O) groups excluding carboxylic acids is 1. The number of piperidine rings is 1. The van der Waals surface area contributed by atoms with Gasteiger partial charge in [0.2, 0.25) is 9.84 Å². The number of quaternary nitrogens is 1. The third-order valence-corrected chi connectivity index (χ3v) is 7.71.